The van der Waals surface area contributed by atoms with Crippen LogP contribution < -0.4 is 20.5 Å². The largest absolute Gasteiger partial charge is 0.497 e. The number of aromatic nitrogens is 1. The van der Waals surface area contributed by atoms with E-state index in [1.165, 1.54) is 0 Å². The molecule has 0 aliphatic carbocycles. The number of H-pyrrole nitrogens is 1. The second kappa shape index (κ2) is 9.84. The first-order chi connectivity index (χ1) is 17.0. The molecule has 3 aromatic carbocycles. The fourth-order valence-electron chi connectivity index (χ4n) is 4.77. The van der Waals surface area contributed by atoms with Crippen molar-refractivity contribution in [2.75, 3.05) is 30.4 Å². The molecule has 1 atom stereocenters. The molecule has 0 spiro atoms. The molecule has 7 heteroatoms. The average molecular weight is 488 g/mol. The lowest BCUT2D eigenvalue weighted by molar-refractivity contribution is -0.120. The van der Waals surface area contributed by atoms with Gasteiger partial charge in [0.25, 0.3) is 5.56 Å². The smallest absolute Gasteiger partial charge is 0.272 e. The predicted molar refractivity (Wildman–Crippen MR) is 142 cm³/mol. The van der Waals surface area contributed by atoms with E-state index >= 15 is 0 Å². The number of amides is 1. The van der Waals surface area contributed by atoms with Crippen LogP contribution in [0, 0.1) is 5.92 Å². The molecule has 4 aromatic rings. The van der Waals surface area contributed by atoms with Crippen molar-refractivity contribution < 1.29 is 9.53 Å². The van der Waals surface area contributed by atoms with Gasteiger partial charge in [-0.05, 0) is 60.9 Å². The summed E-state index contributed by atoms with van der Waals surface area (Å²) in [6, 6.07) is 22.6. The molecule has 0 bridgehead atoms. The molecule has 0 saturated carbocycles. The fraction of sp³-hybridized carbons (Fsp3) is 0.214. The Morgan fingerprint density at radius 3 is 2.60 bits per heavy atom. The summed E-state index contributed by atoms with van der Waals surface area (Å²) < 4.78 is 5.19. The van der Waals surface area contributed by atoms with Gasteiger partial charge in [0.15, 0.2) is 0 Å². The van der Waals surface area contributed by atoms with Crippen molar-refractivity contribution in [2.24, 2.45) is 5.92 Å². The Labute approximate surface area is 208 Å². The molecular weight excluding hydrogens is 462 g/mol. The Balaban J connectivity index is 1.50. The van der Waals surface area contributed by atoms with E-state index in [9.17, 15) is 9.59 Å². The van der Waals surface area contributed by atoms with Crippen molar-refractivity contribution in [3.05, 3.63) is 88.2 Å². The first-order valence-corrected chi connectivity index (χ1v) is 12.0. The van der Waals surface area contributed by atoms with Crippen LogP contribution in [0.25, 0.3) is 22.0 Å². The summed E-state index contributed by atoms with van der Waals surface area (Å²) >= 11 is 6.35. The van der Waals surface area contributed by atoms with E-state index < -0.39 is 0 Å². The molecule has 6 nitrogen and oxygen atoms in total. The van der Waals surface area contributed by atoms with E-state index in [4.69, 9.17) is 16.3 Å². The summed E-state index contributed by atoms with van der Waals surface area (Å²) in [4.78, 5) is 31.6. The van der Waals surface area contributed by atoms with Gasteiger partial charge in [0, 0.05) is 40.3 Å². The van der Waals surface area contributed by atoms with Crippen LogP contribution in [-0.4, -0.2) is 31.1 Å². The van der Waals surface area contributed by atoms with Crippen molar-refractivity contribution in [1.29, 1.82) is 0 Å². The summed E-state index contributed by atoms with van der Waals surface area (Å²) in [5.74, 6) is 0.432. The number of pyridine rings is 1. The zero-order valence-electron chi connectivity index (χ0n) is 19.4. The molecule has 35 heavy (non-hydrogen) atoms. The highest BCUT2D eigenvalue weighted by Gasteiger charge is 2.29. The van der Waals surface area contributed by atoms with Crippen molar-refractivity contribution in [3.8, 4) is 16.9 Å². The number of carbonyl (C=O) groups excluding carboxylic acids is 1. The first-order valence-electron chi connectivity index (χ1n) is 11.6. The third kappa shape index (κ3) is 4.75. The van der Waals surface area contributed by atoms with Crippen LogP contribution in [0.4, 0.5) is 11.4 Å². The molecular formula is C28H26ClN3O3. The van der Waals surface area contributed by atoms with Gasteiger partial charge in [-0.1, -0.05) is 41.9 Å². The van der Waals surface area contributed by atoms with Gasteiger partial charge in [-0.2, -0.15) is 0 Å². The number of ether oxygens (including phenoxy) is 1. The normalized spacial score (nSPS) is 15.7. The Morgan fingerprint density at radius 1 is 1.09 bits per heavy atom. The van der Waals surface area contributed by atoms with Crippen molar-refractivity contribution >= 4 is 39.8 Å². The maximum absolute atomic E-state index is 13.4. The molecule has 1 saturated heterocycles. The second-order valence-corrected chi connectivity index (χ2v) is 9.17. The minimum atomic E-state index is -0.246. The van der Waals surface area contributed by atoms with E-state index in [0.29, 0.717) is 23.8 Å². The molecule has 0 radical (unpaired) electrons. The second-order valence-electron chi connectivity index (χ2n) is 8.74. The number of nitrogens with zero attached hydrogens (tertiary/aromatic N) is 1. The Morgan fingerprint density at radius 2 is 1.86 bits per heavy atom. The molecule has 1 aromatic heterocycles. The van der Waals surface area contributed by atoms with Crippen molar-refractivity contribution in [3.63, 3.8) is 0 Å². The lowest BCUT2D eigenvalue weighted by atomic mass is 9.93. The molecule has 5 rings (SSSR count). The summed E-state index contributed by atoms with van der Waals surface area (Å²) in [6.45, 7) is 1.15. The molecule has 2 N–H and O–H groups in total. The van der Waals surface area contributed by atoms with E-state index in [1.54, 1.807) is 13.2 Å². The minimum Gasteiger partial charge on any atom is -0.497 e. The number of aromatic amines is 1. The number of halogens is 1. The highest BCUT2D eigenvalue weighted by Crippen LogP contribution is 2.37. The van der Waals surface area contributed by atoms with Crippen molar-refractivity contribution in [1.82, 2.24) is 4.98 Å². The van der Waals surface area contributed by atoms with E-state index in [0.717, 1.165) is 46.3 Å². The average Bonchev–Trinajstić information content (AvgIpc) is 2.89. The van der Waals surface area contributed by atoms with Crippen LogP contribution in [0.1, 0.15) is 12.8 Å². The van der Waals surface area contributed by atoms with Gasteiger partial charge >= 0.3 is 0 Å². The number of benzene rings is 3. The predicted octanol–water partition coefficient (Wildman–Crippen LogP) is 5.71. The highest BCUT2D eigenvalue weighted by molar-refractivity contribution is 6.31. The zero-order chi connectivity index (χ0) is 24.4. The van der Waals surface area contributed by atoms with Gasteiger partial charge < -0.3 is 19.9 Å². The van der Waals surface area contributed by atoms with Gasteiger partial charge in [0.1, 0.15) is 11.4 Å². The van der Waals surface area contributed by atoms with E-state index in [1.807, 2.05) is 71.6 Å². The van der Waals surface area contributed by atoms with Gasteiger partial charge in [0.05, 0.1) is 13.0 Å². The van der Waals surface area contributed by atoms with Crippen LogP contribution in [0.5, 0.6) is 5.75 Å². The topological polar surface area (TPSA) is 74.4 Å². The molecule has 178 valence electrons. The Hall–Kier alpha value is -3.77. The number of piperidine rings is 1. The standard InChI is InChI=1S/C28H26ClN3O3/c1-35-22-12-10-21(11-13-22)30-27(33)19-8-5-15-32(17-19)26-25(18-6-3-2-4-7-18)23-16-20(29)9-14-24(23)31-28(26)34/h2-4,6-7,9-14,16,19H,5,8,15,17H2,1H3,(H,30,33)(H,31,34)/t19-/m0/s1. The first kappa shape index (κ1) is 23.0. The maximum Gasteiger partial charge on any atom is 0.272 e. The van der Waals surface area contributed by atoms with Gasteiger partial charge in [-0.3, -0.25) is 9.59 Å². The summed E-state index contributed by atoms with van der Waals surface area (Å²) in [6.07, 6.45) is 1.57. The summed E-state index contributed by atoms with van der Waals surface area (Å²) in [5, 5.41) is 4.49. The van der Waals surface area contributed by atoms with Gasteiger partial charge in [-0.25, -0.2) is 0 Å². The number of hydrogen-bond acceptors (Lipinski definition) is 4. The number of anilines is 2. The minimum absolute atomic E-state index is 0.0543. The van der Waals surface area contributed by atoms with E-state index in [-0.39, 0.29) is 17.4 Å². The van der Waals surface area contributed by atoms with Crippen LogP contribution in [-0.2, 0) is 4.79 Å². The lowest BCUT2D eigenvalue weighted by Crippen LogP contribution is -2.43. The van der Waals surface area contributed by atoms with Crippen LogP contribution in [0.2, 0.25) is 5.02 Å². The number of methoxy groups -OCH3 is 1. The SMILES string of the molecule is COc1ccc(NC(=O)[C@H]2CCCN(c3c(-c4ccccc4)c4cc(Cl)ccc4[nH]c3=O)C2)cc1. The Kier molecular flexibility index (Phi) is 6.47. The fourth-order valence-corrected chi connectivity index (χ4v) is 4.94. The van der Waals surface area contributed by atoms with Crippen molar-refractivity contribution in [2.45, 2.75) is 12.8 Å². The lowest BCUT2D eigenvalue weighted by Gasteiger charge is -2.34. The molecule has 1 aliphatic rings. The number of carbonyl (C=O) groups is 1. The molecule has 1 fully saturated rings. The maximum atomic E-state index is 13.4. The highest BCUT2D eigenvalue weighted by atomic mass is 35.5. The van der Waals surface area contributed by atoms with Gasteiger partial charge in [0.2, 0.25) is 5.91 Å². The summed E-state index contributed by atoms with van der Waals surface area (Å²) in [5.41, 5.74) is 3.63. The van der Waals surface area contributed by atoms with Crippen LogP contribution in [0.3, 0.4) is 0 Å². The number of nitrogens with one attached hydrogen (secondary N) is 2. The van der Waals surface area contributed by atoms with Crippen LogP contribution in [0.15, 0.2) is 77.6 Å². The number of hydrogen-bond donors (Lipinski definition) is 2. The molecule has 2 heterocycles. The molecule has 0 unspecified atom stereocenters. The van der Waals surface area contributed by atoms with Gasteiger partial charge in [-0.15, -0.1) is 0 Å². The molecule has 1 aliphatic heterocycles. The monoisotopic (exact) mass is 487 g/mol. The Bertz CT molecular complexity index is 1420. The summed E-state index contributed by atoms with van der Waals surface area (Å²) in [7, 11) is 1.61. The number of fused-ring (bicyclic) bond motifs is 1. The third-order valence-corrected chi connectivity index (χ3v) is 6.71. The number of rotatable bonds is 5. The zero-order valence-corrected chi connectivity index (χ0v) is 20.1. The van der Waals surface area contributed by atoms with E-state index in [2.05, 4.69) is 10.3 Å². The molecule has 1 amide bonds. The van der Waals surface area contributed by atoms with Crippen LogP contribution >= 0.6 is 11.6 Å². The third-order valence-electron chi connectivity index (χ3n) is 6.48. The quantitative estimate of drug-likeness (QED) is 0.378.